The number of nitrogens with zero attached hydrogens (tertiary/aromatic N) is 3. The molecule has 14 nitrogen and oxygen atoms in total. The van der Waals surface area contributed by atoms with E-state index in [1.54, 1.807) is 79.9 Å². The molecule has 6 amide bonds. The Morgan fingerprint density at radius 1 is 0.929 bits per heavy atom. The van der Waals surface area contributed by atoms with E-state index in [0.717, 1.165) is 50.0 Å². The highest BCUT2D eigenvalue weighted by Crippen LogP contribution is 2.51. The van der Waals surface area contributed by atoms with Crippen LogP contribution in [0.25, 0.3) is 0 Å². The van der Waals surface area contributed by atoms with E-state index in [1.807, 2.05) is 20.8 Å². The van der Waals surface area contributed by atoms with Crippen LogP contribution < -0.4 is 16.0 Å². The van der Waals surface area contributed by atoms with Crippen molar-refractivity contribution in [1.29, 1.82) is 0 Å². The highest BCUT2D eigenvalue weighted by Gasteiger charge is 2.53. The van der Waals surface area contributed by atoms with Gasteiger partial charge in [-0.3, -0.25) is 33.7 Å². The van der Waals surface area contributed by atoms with Crippen LogP contribution in [0.15, 0.2) is 30.3 Å². The zero-order chi connectivity index (χ0) is 41.0. The fourth-order valence-electron chi connectivity index (χ4n) is 7.52. The number of ether oxygens (including phenoxy) is 1. The van der Waals surface area contributed by atoms with Crippen LogP contribution in [0.4, 0.5) is 4.79 Å². The third-order valence-electron chi connectivity index (χ3n) is 10.5. The molecule has 1 spiro atoms. The molecule has 1 saturated carbocycles. The first-order valence-corrected chi connectivity index (χ1v) is 21.8. The Bertz CT molecular complexity index is 1550. The van der Waals surface area contributed by atoms with Crippen LogP contribution in [0.3, 0.4) is 0 Å². The van der Waals surface area contributed by atoms with Gasteiger partial charge in [-0.05, 0) is 54.6 Å². The summed E-state index contributed by atoms with van der Waals surface area (Å²) in [6, 6.07) is 4.72. The molecular weight excluding hydrogens is 757 g/mol. The lowest BCUT2D eigenvalue weighted by molar-refractivity contribution is -0.145. The molecule has 2 heterocycles. The molecule has 2 aliphatic heterocycles. The summed E-state index contributed by atoms with van der Waals surface area (Å²) >= 11 is 3.47. The Morgan fingerprint density at radius 3 is 2.20 bits per heavy atom. The SMILES string of the molecule is CCCC(NC(=O)C1CC2(CN1C(=O)C(C1CCCCC1)N(C)C(=O)OCC(C)C)SCCCS2)C(=O)C(=O)NCC(=O)NC(C(=O)N(C)C)c1ccccc1. The minimum absolute atomic E-state index is 0.0981. The molecule has 4 atom stereocenters. The lowest BCUT2D eigenvalue weighted by Crippen LogP contribution is -2.58. The minimum atomic E-state index is -1.20. The smallest absolute Gasteiger partial charge is 0.410 e. The predicted octanol–water partition coefficient (Wildman–Crippen LogP) is 3.74. The number of likely N-dealkylation sites (N-methyl/N-ethyl adjacent to an activating group) is 2. The highest BCUT2D eigenvalue weighted by atomic mass is 32.2. The van der Waals surface area contributed by atoms with E-state index in [4.69, 9.17) is 4.74 Å². The maximum absolute atomic E-state index is 14.8. The molecule has 0 aromatic heterocycles. The zero-order valence-electron chi connectivity index (χ0n) is 33.7. The summed E-state index contributed by atoms with van der Waals surface area (Å²) < 4.78 is 5.14. The first kappa shape index (κ1) is 44.9. The lowest BCUT2D eigenvalue weighted by Gasteiger charge is -2.39. The van der Waals surface area contributed by atoms with Crippen molar-refractivity contribution in [3.63, 3.8) is 0 Å². The average Bonchev–Trinajstić information content (AvgIpc) is 3.56. The molecule has 2 saturated heterocycles. The minimum Gasteiger partial charge on any atom is -0.449 e. The van der Waals surface area contributed by atoms with Gasteiger partial charge in [-0.1, -0.05) is 76.8 Å². The number of Topliss-reactive ketones (excluding diaryl/α,β-unsaturated/α-hetero) is 1. The number of amides is 6. The van der Waals surface area contributed by atoms with Gasteiger partial charge in [0.1, 0.15) is 18.1 Å². The monoisotopic (exact) mass is 816 g/mol. The van der Waals surface area contributed by atoms with Crippen LogP contribution in [0.2, 0.25) is 0 Å². The second-order valence-electron chi connectivity index (χ2n) is 15.6. The molecule has 3 aliphatic rings. The topological polar surface area (TPSA) is 175 Å². The average molecular weight is 817 g/mol. The summed E-state index contributed by atoms with van der Waals surface area (Å²) in [5, 5.41) is 7.79. The van der Waals surface area contributed by atoms with E-state index in [-0.39, 0.29) is 36.7 Å². The van der Waals surface area contributed by atoms with Crippen molar-refractivity contribution < 1.29 is 38.3 Å². The predicted molar refractivity (Wildman–Crippen MR) is 218 cm³/mol. The van der Waals surface area contributed by atoms with Crippen molar-refractivity contribution in [3.8, 4) is 0 Å². The van der Waals surface area contributed by atoms with E-state index >= 15 is 0 Å². The number of thioether (sulfide) groups is 2. The number of hydrogen-bond acceptors (Lipinski definition) is 10. The van der Waals surface area contributed by atoms with Crippen molar-refractivity contribution >= 4 is 64.9 Å². The summed E-state index contributed by atoms with van der Waals surface area (Å²) in [4.78, 5) is 99.4. The van der Waals surface area contributed by atoms with Gasteiger partial charge in [0.2, 0.25) is 29.4 Å². The number of ketones is 1. The van der Waals surface area contributed by atoms with Crippen LogP contribution in [0.5, 0.6) is 0 Å². The molecule has 0 bridgehead atoms. The molecule has 3 fully saturated rings. The summed E-state index contributed by atoms with van der Waals surface area (Å²) in [7, 11) is 4.74. The van der Waals surface area contributed by atoms with Gasteiger partial charge in [0.05, 0.1) is 23.3 Å². The maximum Gasteiger partial charge on any atom is 0.410 e. The second kappa shape index (κ2) is 21.1. The van der Waals surface area contributed by atoms with Crippen LogP contribution >= 0.6 is 23.5 Å². The molecule has 1 aromatic rings. The molecule has 0 radical (unpaired) electrons. The largest absolute Gasteiger partial charge is 0.449 e. The first-order valence-electron chi connectivity index (χ1n) is 19.8. The number of benzene rings is 1. The first-order chi connectivity index (χ1) is 26.7. The van der Waals surface area contributed by atoms with Gasteiger partial charge < -0.3 is 30.5 Å². The highest BCUT2D eigenvalue weighted by molar-refractivity contribution is 8.18. The van der Waals surface area contributed by atoms with Gasteiger partial charge >= 0.3 is 6.09 Å². The quantitative estimate of drug-likeness (QED) is 0.209. The molecule has 1 aromatic carbocycles. The fourth-order valence-corrected chi connectivity index (χ4v) is 10.9. The third-order valence-corrected chi connectivity index (χ3v) is 13.8. The van der Waals surface area contributed by atoms with Gasteiger partial charge in [0.25, 0.3) is 5.91 Å². The van der Waals surface area contributed by atoms with Crippen LogP contribution in [0, 0.1) is 11.8 Å². The van der Waals surface area contributed by atoms with E-state index in [9.17, 15) is 33.6 Å². The Labute approximate surface area is 339 Å². The molecule has 310 valence electrons. The molecule has 16 heteroatoms. The van der Waals surface area contributed by atoms with Crippen molar-refractivity contribution in [3.05, 3.63) is 35.9 Å². The number of rotatable bonds is 16. The van der Waals surface area contributed by atoms with Gasteiger partial charge in [-0.15, -0.1) is 23.5 Å². The van der Waals surface area contributed by atoms with Crippen molar-refractivity contribution in [2.45, 2.75) is 107 Å². The summed E-state index contributed by atoms with van der Waals surface area (Å²) in [6.45, 7) is 5.66. The van der Waals surface area contributed by atoms with Gasteiger partial charge in [-0.25, -0.2) is 4.79 Å². The Kier molecular flexibility index (Phi) is 16.9. The number of carbonyl (C=O) groups is 7. The molecule has 4 rings (SSSR count). The van der Waals surface area contributed by atoms with Crippen molar-refractivity contribution in [2.24, 2.45) is 11.8 Å². The maximum atomic E-state index is 14.8. The Balaban J connectivity index is 1.50. The number of carbonyl (C=O) groups excluding carboxylic acids is 7. The van der Waals surface area contributed by atoms with Gasteiger partial charge in [-0.2, -0.15) is 0 Å². The van der Waals surface area contributed by atoms with Crippen LogP contribution in [-0.2, 0) is 33.5 Å². The molecular formula is C40H60N6O8S2. The number of likely N-dealkylation sites (tertiary alicyclic amines) is 1. The van der Waals surface area contributed by atoms with Gasteiger partial charge in [0, 0.05) is 34.1 Å². The summed E-state index contributed by atoms with van der Waals surface area (Å²) in [5.41, 5.74) is 0.557. The standard InChI is InChI=1S/C40H60N6O8S2/c1-7-15-29(34(48)36(50)41-23-31(47)43-32(37(51)44(4)5)27-16-10-8-11-17-27)42-35(49)30-22-40(55-20-14-21-56-40)25-46(30)38(52)33(28-18-12-9-13-19-28)45(6)39(53)54-24-26(2)3/h8,10-11,16-17,26,28-30,32-33H,7,9,12-15,18-25H2,1-6H3,(H,41,50)(H,42,49)(H,43,47). The lowest BCUT2D eigenvalue weighted by atomic mass is 9.82. The van der Waals surface area contributed by atoms with E-state index < -0.39 is 64.4 Å². The summed E-state index contributed by atoms with van der Waals surface area (Å²) in [6.07, 6.45) is 5.89. The van der Waals surface area contributed by atoms with Crippen LogP contribution in [-0.4, -0.2) is 131 Å². The summed E-state index contributed by atoms with van der Waals surface area (Å²) in [5.74, 6) is -2.08. The third kappa shape index (κ3) is 11.9. The van der Waals surface area contributed by atoms with E-state index in [1.165, 1.54) is 9.80 Å². The van der Waals surface area contributed by atoms with E-state index in [0.29, 0.717) is 24.9 Å². The molecule has 1 aliphatic carbocycles. The number of hydrogen-bond donors (Lipinski definition) is 3. The fraction of sp³-hybridized carbons (Fsp3) is 0.675. The normalized spacial score (nSPS) is 19.7. The molecule has 4 unspecified atom stereocenters. The Hall–Kier alpha value is -3.79. The molecule has 3 N–H and O–H groups in total. The number of nitrogens with one attached hydrogen (secondary N) is 3. The Morgan fingerprint density at radius 2 is 1.59 bits per heavy atom. The second-order valence-corrected chi connectivity index (χ2v) is 18.8. The van der Waals surface area contributed by atoms with Crippen molar-refractivity contribution in [1.82, 2.24) is 30.7 Å². The zero-order valence-corrected chi connectivity index (χ0v) is 35.3. The van der Waals surface area contributed by atoms with E-state index in [2.05, 4.69) is 16.0 Å². The molecule has 56 heavy (non-hydrogen) atoms. The van der Waals surface area contributed by atoms with Gasteiger partial charge in [0.15, 0.2) is 0 Å². The van der Waals surface area contributed by atoms with Crippen molar-refractivity contribution in [2.75, 3.05) is 52.3 Å². The van der Waals surface area contributed by atoms with Crippen LogP contribution in [0.1, 0.15) is 90.2 Å².